The van der Waals surface area contributed by atoms with Crippen molar-refractivity contribution in [1.82, 2.24) is 25.2 Å². The molecule has 3 heterocycles. The van der Waals surface area contributed by atoms with Crippen LogP contribution >= 0.6 is 0 Å². The van der Waals surface area contributed by atoms with Crippen molar-refractivity contribution in [3.63, 3.8) is 0 Å². The summed E-state index contributed by atoms with van der Waals surface area (Å²) in [4.78, 5) is 28.5. The summed E-state index contributed by atoms with van der Waals surface area (Å²) >= 11 is 0. The fourth-order valence-corrected chi connectivity index (χ4v) is 3.98. The molecule has 0 saturated carbocycles. The normalized spacial score (nSPS) is 14.0. The van der Waals surface area contributed by atoms with Gasteiger partial charge in [-0.05, 0) is 53.6 Å². The molecule has 7 nitrogen and oxygen atoms in total. The third kappa shape index (κ3) is 4.48. The Morgan fingerprint density at radius 2 is 1.61 bits per heavy atom. The number of fused-ring (bicyclic) bond motifs is 1. The second-order valence-corrected chi connectivity index (χ2v) is 7.91. The highest BCUT2D eigenvalue weighted by molar-refractivity contribution is 5.92. The van der Waals surface area contributed by atoms with Gasteiger partial charge in [-0.1, -0.05) is 12.1 Å². The molecule has 0 aliphatic carbocycles. The van der Waals surface area contributed by atoms with E-state index in [1.165, 1.54) is 30.6 Å². The molecule has 2 N–H and O–H groups in total. The zero-order chi connectivity index (χ0) is 22.8. The van der Waals surface area contributed by atoms with Crippen LogP contribution in [0.15, 0.2) is 60.9 Å². The van der Waals surface area contributed by atoms with E-state index in [4.69, 9.17) is 0 Å². The molecule has 0 radical (unpaired) electrons. The van der Waals surface area contributed by atoms with Crippen molar-refractivity contribution in [2.75, 3.05) is 31.1 Å². The van der Waals surface area contributed by atoms with Gasteiger partial charge in [0, 0.05) is 38.4 Å². The molecule has 1 fully saturated rings. The molecule has 0 atom stereocenters. The molecule has 2 aromatic carbocycles. The topological polar surface area (TPSA) is 77.2 Å². The van der Waals surface area contributed by atoms with Crippen molar-refractivity contribution < 1.29 is 13.6 Å². The third-order valence-electron chi connectivity index (χ3n) is 5.78. The number of benzene rings is 2. The smallest absolute Gasteiger partial charge is 0.317 e. The number of piperazine rings is 1. The van der Waals surface area contributed by atoms with Gasteiger partial charge in [0.1, 0.15) is 29.4 Å². The molecule has 9 heteroatoms. The highest BCUT2D eigenvalue weighted by Crippen LogP contribution is 2.29. The van der Waals surface area contributed by atoms with Gasteiger partial charge in [-0.25, -0.2) is 23.5 Å². The number of hydrogen-bond acceptors (Lipinski definition) is 4. The Bertz CT molecular complexity index is 1260. The number of carbonyl (C=O) groups excluding carboxylic acids is 1. The first-order valence-electron chi connectivity index (χ1n) is 10.7. The second-order valence-electron chi connectivity index (χ2n) is 7.91. The fraction of sp³-hybridized carbons (Fsp3) is 0.208. The maximum Gasteiger partial charge on any atom is 0.317 e. The van der Waals surface area contributed by atoms with E-state index in [0.717, 1.165) is 28.0 Å². The van der Waals surface area contributed by atoms with Crippen LogP contribution in [0.3, 0.4) is 0 Å². The van der Waals surface area contributed by atoms with E-state index in [9.17, 15) is 13.6 Å². The first-order valence-corrected chi connectivity index (χ1v) is 10.7. The van der Waals surface area contributed by atoms with Gasteiger partial charge in [0.25, 0.3) is 0 Å². The number of urea groups is 1. The SMILES string of the molecule is O=C(NCc1ccc(F)cc1)N1CCN(c2ncnc3[nH]c(-c4ccc(F)cc4)cc23)CC1. The number of hydrogen-bond donors (Lipinski definition) is 2. The summed E-state index contributed by atoms with van der Waals surface area (Å²) in [5.41, 5.74) is 3.25. The molecule has 1 aliphatic heterocycles. The third-order valence-corrected chi connectivity index (χ3v) is 5.78. The van der Waals surface area contributed by atoms with Crippen LogP contribution in [0, 0.1) is 11.6 Å². The van der Waals surface area contributed by atoms with Crippen molar-refractivity contribution >= 4 is 22.9 Å². The number of carbonyl (C=O) groups is 1. The van der Waals surface area contributed by atoms with Gasteiger partial charge in [-0.3, -0.25) is 0 Å². The van der Waals surface area contributed by atoms with Crippen molar-refractivity contribution in [3.8, 4) is 11.3 Å². The van der Waals surface area contributed by atoms with Gasteiger partial charge < -0.3 is 20.1 Å². The number of amides is 2. The van der Waals surface area contributed by atoms with E-state index in [-0.39, 0.29) is 17.7 Å². The van der Waals surface area contributed by atoms with Crippen LogP contribution in [0.25, 0.3) is 22.3 Å². The second kappa shape index (κ2) is 8.85. The number of anilines is 1. The van der Waals surface area contributed by atoms with Crippen LogP contribution < -0.4 is 10.2 Å². The van der Waals surface area contributed by atoms with E-state index >= 15 is 0 Å². The van der Waals surface area contributed by atoms with Crippen LogP contribution in [-0.4, -0.2) is 52.1 Å². The Hall–Kier alpha value is -4.01. The average molecular weight is 448 g/mol. The van der Waals surface area contributed by atoms with Crippen LogP contribution in [0.2, 0.25) is 0 Å². The van der Waals surface area contributed by atoms with E-state index in [0.29, 0.717) is 38.4 Å². The number of aromatic nitrogens is 3. The summed E-state index contributed by atoms with van der Waals surface area (Å²) in [6.07, 6.45) is 1.52. The minimum atomic E-state index is -0.299. The standard InChI is InChI=1S/C24H22F2N6O/c25-18-5-1-16(2-6-18)14-27-24(33)32-11-9-31(10-12-32)23-20-13-21(30-22(20)28-15-29-23)17-3-7-19(26)8-4-17/h1-8,13,15H,9-12,14H2,(H,27,33)(H,28,29,30). The van der Waals surface area contributed by atoms with Crippen LogP contribution in [0.4, 0.5) is 19.4 Å². The lowest BCUT2D eigenvalue weighted by Crippen LogP contribution is -2.52. The van der Waals surface area contributed by atoms with E-state index in [1.807, 2.05) is 6.07 Å². The molecule has 2 amide bonds. The lowest BCUT2D eigenvalue weighted by atomic mass is 10.1. The number of nitrogens with one attached hydrogen (secondary N) is 2. The maximum absolute atomic E-state index is 13.3. The molecule has 0 spiro atoms. The minimum Gasteiger partial charge on any atom is -0.352 e. The molecule has 4 aromatic rings. The van der Waals surface area contributed by atoms with E-state index < -0.39 is 0 Å². The van der Waals surface area contributed by atoms with Gasteiger partial charge in [-0.2, -0.15) is 0 Å². The van der Waals surface area contributed by atoms with Crippen LogP contribution in [-0.2, 0) is 6.54 Å². The number of halogens is 2. The number of rotatable bonds is 4. The molecule has 1 aliphatic rings. The number of nitrogens with zero attached hydrogens (tertiary/aromatic N) is 4. The van der Waals surface area contributed by atoms with Gasteiger partial charge in [0.05, 0.1) is 5.39 Å². The zero-order valence-electron chi connectivity index (χ0n) is 17.8. The Balaban J connectivity index is 1.25. The Kier molecular flexibility index (Phi) is 5.60. The van der Waals surface area contributed by atoms with Crippen molar-refractivity contribution in [3.05, 3.63) is 78.1 Å². The zero-order valence-corrected chi connectivity index (χ0v) is 17.8. The average Bonchev–Trinajstić information content (AvgIpc) is 3.28. The van der Waals surface area contributed by atoms with Gasteiger partial charge in [0.15, 0.2) is 0 Å². The van der Waals surface area contributed by atoms with Gasteiger partial charge >= 0.3 is 6.03 Å². The Morgan fingerprint density at radius 3 is 2.30 bits per heavy atom. The summed E-state index contributed by atoms with van der Waals surface area (Å²) in [7, 11) is 0. The molecule has 0 unspecified atom stereocenters. The first-order chi connectivity index (χ1) is 16.1. The summed E-state index contributed by atoms with van der Waals surface area (Å²) in [5, 5.41) is 3.77. The minimum absolute atomic E-state index is 0.146. The molecule has 5 rings (SSSR count). The lowest BCUT2D eigenvalue weighted by Gasteiger charge is -2.35. The molecular weight excluding hydrogens is 426 g/mol. The quantitative estimate of drug-likeness (QED) is 0.496. The van der Waals surface area contributed by atoms with Crippen molar-refractivity contribution in [1.29, 1.82) is 0 Å². The van der Waals surface area contributed by atoms with Crippen molar-refractivity contribution in [2.24, 2.45) is 0 Å². The highest BCUT2D eigenvalue weighted by atomic mass is 19.1. The predicted molar refractivity (Wildman–Crippen MR) is 122 cm³/mol. The first kappa shape index (κ1) is 20.9. The van der Waals surface area contributed by atoms with E-state index in [2.05, 4.69) is 25.2 Å². The Morgan fingerprint density at radius 1 is 0.939 bits per heavy atom. The monoisotopic (exact) mass is 448 g/mol. The number of aromatic amines is 1. The van der Waals surface area contributed by atoms with Crippen LogP contribution in [0.5, 0.6) is 0 Å². The van der Waals surface area contributed by atoms with E-state index in [1.54, 1.807) is 29.2 Å². The van der Waals surface area contributed by atoms with Gasteiger partial charge in [0.2, 0.25) is 0 Å². The molecule has 1 saturated heterocycles. The molecule has 2 aromatic heterocycles. The van der Waals surface area contributed by atoms with Crippen LogP contribution in [0.1, 0.15) is 5.56 Å². The molecular formula is C24H22F2N6O. The van der Waals surface area contributed by atoms with Crippen molar-refractivity contribution in [2.45, 2.75) is 6.54 Å². The molecule has 33 heavy (non-hydrogen) atoms. The van der Waals surface area contributed by atoms with Gasteiger partial charge in [-0.15, -0.1) is 0 Å². The summed E-state index contributed by atoms with van der Waals surface area (Å²) in [6, 6.07) is 14.2. The predicted octanol–water partition coefficient (Wildman–Crippen LogP) is 3.93. The molecule has 168 valence electrons. The lowest BCUT2D eigenvalue weighted by molar-refractivity contribution is 0.194. The molecule has 0 bridgehead atoms. The Labute approximate surface area is 189 Å². The highest BCUT2D eigenvalue weighted by Gasteiger charge is 2.23. The number of H-pyrrole nitrogens is 1. The maximum atomic E-state index is 13.3. The largest absolute Gasteiger partial charge is 0.352 e. The summed E-state index contributed by atoms with van der Waals surface area (Å²) in [6.45, 7) is 2.72. The summed E-state index contributed by atoms with van der Waals surface area (Å²) < 4.78 is 26.3. The summed E-state index contributed by atoms with van der Waals surface area (Å²) in [5.74, 6) is 0.220. The fourth-order valence-electron chi connectivity index (χ4n) is 3.98.